The molecule has 0 aliphatic rings. The zero-order valence-corrected chi connectivity index (χ0v) is 12.8. The molecule has 0 aliphatic carbocycles. The lowest BCUT2D eigenvalue weighted by Gasteiger charge is -2.10. The van der Waals surface area contributed by atoms with Crippen molar-refractivity contribution < 1.29 is 4.39 Å². The number of nitrogens with one attached hydrogen (secondary N) is 1. The highest BCUT2D eigenvalue weighted by Crippen LogP contribution is 2.30. The number of hydrogen-bond donors (Lipinski definition) is 1. The van der Waals surface area contributed by atoms with Gasteiger partial charge in [0, 0.05) is 24.1 Å². The van der Waals surface area contributed by atoms with Gasteiger partial charge in [-0.05, 0) is 43.8 Å². The minimum absolute atomic E-state index is 0.183. The highest BCUT2D eigenvalue weighted by atomic mass is 32.2. The van der Waals surface area contributed by atoms with Gasteiger partial charge in [0.15, 0.2) is 5.16 Å². The van der Waals surface area contributed by atoms with Crippen molar-refractivity contribution >= 4 is 11.8 Å². The first-order valence-electron chi connectivity index (χ1n) is 6.65. The van der Waals surface area contributed by atoms with E-state index in [0.29, 0.717) is 12.1 Å². The molecular formula is C14H19FN4S. The molecule has 1 aromatic carbocycles. The monoisotopic (exact) mass is 294 g/mol. The molecule has 1 aromatic heterocycles. The van der Waals surface area contributed by atoms with Crippen molar-refractivity contribution in [3.8, 4) is 0 Å². The normalized spacial score (nSPS) is 11.0. The standard InChI is InChI=1S/C14H19FN4S/c1-4-8-16-9-11-12(15)6-5-7-13(11)20-14-18-17-10(2)19(14)3/h5-7,16H,4,8-9H2,1-3H3. The molecule has 1 N–H and O–H groups in total. The Labute approximate surface area is 122 Å². The largest absolute Gasteiger partial charge is 0.313 e. The van der Waals surface area contributed by atoms with E-state index in [9.17, 15) is 4.39 Å². The lowest BCUT2D eigenvalue weighted by Crippen LogP contribution is -2.15. The summed E-state index contributed by atoms with van der Waals surface area (Å²) in [5, 5.41) is 12.1. The van der Waals surface area contributed by atoms with Crippen molar-refractivity contribution in [1.82, 2.24) is 20.1 Å². The maximum atomic E-state index is 14.0. The summed E-state index contributed by atoms with van der Waals surface area (Å²) in [6.45, 7) is 5.39. The zero-order chi connectivity index (χ0) is 14.5. The number of nitrogens with zero attached hydrogens (tertiary/aromatic N) is 3. The van der Waals surface area contributed by atoms with Crippen molar-refractivity contribution in [2.75, 3.05) is 6.54 Å². The van der Waals surface area contributed by atoms with Gasteiger partial charge in [0.05, 0.1) is 0 Å². The van der Waals surface area contributed by atoms with Crippen LogP contribution in [-0.2, 0) is 13.6 Å². The number of halogens is 1. The molecule has 0 spiro atoms. The van der Waals surface area contributed by atoms with E-state index in [1.54, 1.807) is 6.07 Å². The van der Waals surface area contributed by atoms with Crippen LogP contribution in [0.3, 0.4) is 0 Å². The van der Waals surface area contributed by atoms with E-state index in [0.717, 1.165) is 28.8 Å². The quantitative estimate of drug-likeness (QED) is 0.832. The maximum absolute atomic E-state index is 14.0. The second kappa shape index (κ2) is 6.85. The number of hydrogen-bond acceptors (Lipinski definition) is 4. The highest BCUT2D eigenvalue weighted by molar-refractivity contribution is 7.99. The van der Waals surface area contributed by atoms with Crippen LogP contribution in [-0.4, -0.2) is 21.3 Å². The van der Waals surface area contributed by atoms with Gasteiger partial charge in [0.1, 0.15) is 11.6 Å². The van der Waals surface area contributed by atoms with Crippen molar-refractivity contribution in [3.63, 3.8) is 0 Å². The summed E-state index contributed by atoms with van der Waals surface area (Å²) in [6, 6.07) is 5.14. The van der Waals surface area contributed by atoms with Crippen LogP contribution < -0.4 is 5.32 Å². The molecule has 0 saturated heterocycles. The Morgan fingerprint density at radius 3 is 2.80 bits per heavy atom. The molecule has 0 radical (unpaired) electrons. The van der Waals surface area contributed by atoms with Crippen molar-refractivity contribution in [2.24, 2.45) is 7.05 Å². The van der Waals surface area contributed by atoms with Gasteiger partial charge in [-0.25, -0.2) is 4.39 Å². The SMILES string of the molecule is CCCNCc1c(F)cccc1Sc1nnc(C)n1C. The lowest BCUT2D eigenvalue weighted by atomic mass is 10.2. The summed E-state index contributed by atoms with van der Waals surface area (Å²) in [4.78, 5) is 0.879. The first-order chi connectivity index (χ1) is 9.63. The molecule has 4 nitrogen and oxygen atoms in total. The molecule has 1 heterocycles. The Balaban J connectivity index is 2.22. The summed E-state index contributed by atoms with van der Waals surface area (Å²) < 4.78 is 15.9. The first kappa shape index (κ1) is 15.0. The van der Waals surface area contributed by atoms with Gasteiger partial charge in [-0.15, -0.1) is 10.2 Å². The summed E-state index contributed by atoms with van der Waals surface area (Å²) in [5.41, 5.74) is 0.687. The molecule has 0 unspecified atom stereocenters. The van der Waals surface area contributed by atoms with Gasteiger partial charge in [-0.2, -0.15) is 0 Å². The van der Waals surface area contributed by atoms with Gasteiger partial charge >= 0.3 is 0 Å². The van der Waals surface area contributed by atoms with Gasteiger partial charge in [0.25, 0.3) is 0 Å². The molecular weight excluding hydrogens is 275 g/mol. The van der Waals surface area contributed by atoms with Gasteiger partial charge < -0.3 is 9.88 Å². The fourth-order valence-corrected chi connectivity index (χ4v) is 2.76. The van der Waals surface area contributed by atoms with E-state index in [-0.39, 0.29) is 5.82 Å². The summed E-state index contributed by atoms with van der Waals surface area (Å²) in [5.74, 6) is 0.659. The van der Waals surface area contributed by atoms with E-state index in [1.165, 1.54) is 17.8 Å². The Hall–Kier alpha value is -1.40. The molecule has 6 heteroatoms. The minimum atomic E-state index is -0.183. The molecule has 0 aliphatic heterocycles. The van der Waals surface area contributed by atoms with E-state index in [1.807, 2.05) is 24.6 Å². The number of rotatable bonds is 6. The summed E-state index contributed by atoms with van der Waals surface area (Å²) in [7, 11) is 1.91. The van der Waals surface area contributed by atoms with Crippen LogP contribution in [0.1, 0.15) is 24.7 Å². The number of benzene rings is 1. The predicted octanol–water partition coefficient (Wildman–Crippen LogP) is 2.91. The molecule has 2 rings (SSSR count). The Kier molecular flexibility index (Phi) is 5.14. The second-order valence-corrected chi connectivity index (χ2v) is 5.59. The molecule has 0 atom stereocenters. The topological polar surface area (TPSA) is 42.7 Å². The highest BCUT2D eigenvalue weighted by Gasteiger charge is 2.13. The van der Waals surface area contributed by atoms with Crippen molar-refractivity contribution in [2.45, 2.75) is 36.9 Å². The Morgan fingerprint density at radius 2 is 2.15 bits per heavy atom. The van der Waals surface area contributed by atoms with Crippen LogP contribution in [0, 0.1) is 12.7 Å². The maximum Gasteiger partial charge on any atom is 0.195 e. The fraction of sp³-hybridized carbons (Fsp3) is 0.429. The molecule has 20 heavy (non-hydrogen) atoms. The third-order valence-electron chi connectivity index (χ3n) is 3.06. The average Bonchev–Trinajstić information content (AvgIpc) is 2.74. The number of aryl methyl sites for hydroxylation is 1. The van der Waals surface area contributed by atoms with Gasteiger partial charge in [-0.3, -0.25) is 0 Å². The predicted molar refractivity (Wildman–Crippen MR) is 78.3 cm³/mol. The third kappa shape index (κ3) is 3.37. The molecule has 0 fully saturated rings. The zero-order valence-electron chi connectivity index (χ0n) is 12.0. The fourth-order valence-electron chi connectivity index (χ4n) is 1.77. The van der Waals surface area contributed by atoms with Crippen molar-refractivity contribution in [1.29, 1.82) is 0 Å². The van der Waals surface area contributed by atoms with E-state index < -0.39 is 0 Å². The van der Waals surface area contributed by atoms with Crippen LogP contribution in [0.2, 0.25) is 0 Å². The summed E-state index contributed by atoms with van der Waals surface area (Å²) >= 11 is 1.44. The van der Waals surface area contributed by atoms with Crippen molar-refractivity contribution in [3.05, 3.63) is 35.4 Å². The smallest absolute Gasteiger partial charge is 0.195 e. The molecule has 108 valence electrons. The molecule has 0 amide bonds. The number of aromatic nitrogens is 3. The minimum Gasteiger partial charge on any atom is -0.313 e. The summed E-state index contributed by atoms with van der Waals surface area (Å²) in [6.07, 6.45) is 1.03. The van der Waals surface area contributed by atoms with E-state index in [4.69, 9.17) is 0 Å². The first-order valence-corrected chi connectivity index (χ1v) is 7.47. The van der Waals surface area contributed by atoms with Crippen LogP contribution in [0.4, 0.5) is 4.39 Å². The molecule has 0 saturated carbocycles. The van der Waals surface area contributed by atoms with Crippen LogP contribution in [0.25, 0.3) is 0 Å². The second-order valence-electron chi connectivity index (χ2n) is 4.58. The van der Waals surface area contributed by atoms with Crippen LogP contribution >= 0.6 is 11.8 Å². The Morgan fingerprint density at radius 1 is 1.35 bits per heavy atom. The lowest BCUT2D eigenvalue weighted by molar-refractivity contribution is 0.578. The Bertz CT molecular complexity index is 583. The van der Waals surface area contributed by atoms with Gasteiger partial charge in [-0.1, -0.05) is 13.0 Å². The van der Waals surface area contributed by atoms with Crippen LogP contribution in [0.15, 0.2) is 28.3 Å². The third-order valence-corrected chi connectivity index (χ3v) is 4.20. The van der Waals surface area contributed by atoms with E-state index in [2.05, 4.69) is 22.4 Å². The molecule has 2 aromatic rings. The molecule has 0 bridgehead atoms. The van der Waals surface area contributed by atoms with Gasteiger partial charge in [0.2, 0.25) is 0 Å². The van der Waals surface area contributed by atoms with E-state index >= 15 is 0 Å². The van der Waals surface area contributed by atoms with Crippen LogP contribution in [0.5, 0.6) is 0 Å². The average molecular weight is 294 g/mol.